The summed E-state index contributed by atoms with van der Waals surface area (Å²) in [6.07, 6.45) is 0. The highest BCUT2D eigenvalue weighted by Gasteiger charge is 2.24. The highest BCUT2D eigenvalue weighted by Crippen LogP contribution is 2.23. The third-order valence-electron chi connectivity index (χ3n) is 3.02. The van der Waals surface area contributed by atoms with E-state index < -0.39 is 11.9 Å². The van der Waals surface area contributed by atoms with Gasteiger partial charge in [0.05, 0.1) is 12.0 Å². The van der Waals surface area contributed by atoms with Crippen LogP contribution in [-0.4, -0.2) is 31.3 Å². The number of hydrogen-bond donors (Lipinski definition) is 1. The number of carboxylic acid groups (broad SMARTS) is 1. The normalized spacial score (nSPS) is 14.1. The molecule has 2 atom stereocenters. The Labute approximate surface area is 104 Å². The van der Waals surface area contributed by atoms with Crippen molar-refractivity contribution in [2.75, 3.05) is 0 Å². The van der Waals surface area contributed by atoms with E-state index in [4.69, 9.17) is 5.11 Å². The molecule has 6 nitrogen and oxygen atoms in total. The Morgan fingerprint density at radius 1 is 1.28 bits per heavy atom. The number of rotatable bonds is 4. The standard InChI is InChI=1S/C12H14N4O2/c1-8(12(17)18)9(2)16-11(13-14-15-16)10-6-4-3-5-7-10/h3-9H,1-2H3,(H,17,18). The van der Waals surface area contributed by atoms with E-state index in [2.05, 4.69) is 15.5 Å². The lowest BCUT2D eigenvalue weighted by Crippen LogP contribution is -2.23. The maximum absolute atomic E-state index is 11.0. The number of carboxylic acids is 1. The van der Waals surface area contributed by atoms with Gasteiger partial charge in [-0.3, -0.25) is 4.79 Å². The van der Waals surface area contributed by atoms with E-state index in [1.54, 1.807) is 18.5 Å². The van der Waals surface area contributed by atoms with Gasteiger partial charge in [-0.1, -0.05) is 30.3 Å². The van der Waals surface area contributed by atoms with Crippen molar-refractivity contribution in [2.45, 2.75) is 19.9 Å². The van der Waals surface area contributed by atoms with Crippen LogP contribution in [0.15, 0.2) is 30.3 Å². The first-order chi connectivity index (χ1) is 8.61. The van der Waals surface area contributed by atoms with Gasteiger partial charge in [0, 0.05) is 5.56 Å². The van der Waals surface area contributed by atoms with E-state index in [1.165, 1.54) is 0 Å². The van der Waals surface area contributed by atoms with E-state index in [-0.39, 0.29) is 6.04 Å². The van der Waals surface area contributed by atoms with Crippen LogP contribution in [0.1, 0.15) is 19.9 Å². The van der Waals surface area contributed by atoms with E-state index in [1.807, 2.05) is 30.3 Å². The van der Waals surface area contributed by atoms with Crippen LogP contribution in [0, 0.1) is 5.92 Å². The van der Waals surface area contributed by atoms with Crippen molar-refractivity contribution in [1.29, 1.82) is 0 Å². The van der Waals surface area contributed by atoms with Crippen molar-refractivity contribution < 1.29 is 9.90 Å². The molecule has 0 bridgehead atoms. The number of tetrazole rings is 1. The van der Waals surface area contributed by atoms with E-state index in [0.717, 1.165) is 5.56 Å². The fraction of sp³-hybridized carbons (Fsp3) is 0.333. The number of carbonyl (C=O) groups is 1. The Balaban J connectivity index is 2.37. The predicted molar refractivity (Wildman–Crippen MR) is 64.8 cm³/mol. The molecule has 1 aromatic heterocycles. The van der Waals surface area contributed by atoms with Crippen molar-refractivity contribution in [3.05, 3.63) is 30.3 Å². The number of hydrogen-bond acceptors (Lipinski definition) is 4. The van der Waals surface area contributed by atoms with Crippen LogP contribution in [0.25, 0.3) is 11.4 Å². The second-order valence-electron chi connectivity index (χ2n) is 4.18. The molecule has 0 saturated carbocycles. The van der Waals surface area contributed by atoms with Crippen LogP contribution in [0.5, 0.6) is 0 Å². The summed E-state index contributed by atoms with van der Waals surface area (Å²) in [6.45, 7) is 3.44. The first-order valence-electron chi connectivity index (χ1n) is 5.67. The average molecular weight is 246 g/mol. The monoisotopic (exact) mass is 246 g/mol. The number of benzene rings is 1. The van der Waals surface area contributed by atoms with Crippen molar-refractivity contribution in [1.82, 2.24) is 20.2 Å². The molecule has 0 amide bonds. The third kappa shape index (κ3) is 2.22. The summed E-state index contributed by atoms with van der Waals surface area (Å²) >= 11 is 0. The SMILES string of the molecule is CC(C(=O)O)C(C)n1nnnc1-c1ccccc1. The minimum absolute atomic E-state index is 0.312. The van der Waals surface area contributed by atoms with Gasteiger partial charge in [0.2, 0.25) is 0 Å². The molecule has 0 saturated heterocycles. The molecule has 94 valence electrons. The largest absolute Gasteiger partial charge is 0.481 e. The molecule has 0 radical (unpaired) electrons. The third-order valence-corrected chi connectivity index (χ3v) is 3.02. The Morgan fingerprint density at radius 2 is 1.94 bits per heavy atom. The first kappa shape index (κ1) is 12.2. The summed E-state index contributed by atoms with van der Waals surface area (Å²) in [5, 5.41) is 20.5. The molecule has 2 rings (SSSR count). The molecular weight excluding hydrogens is 232 g/mol. The number of nitrogens with zero attached hydrogens (tertiary/aromatic N) is 4. The fourth-order valence-electron chi connectivity index (χ4n) is 1.66. The smallest absolute Gasteiger partial charge is 0.308 e. The maximum Gasteiger partial charge on any atom is 0.308 e. The summed E-state index contributed by atoms with van der Waals surface area (Å²) in [5.74, 6) is -0.843. The van der Waals surface area contributed by atoms with Gasteiger partial charge < -0.3 is 5.11 Å². The van der Waals surface area contributed by atoms with Gasteiger partial charge in [-0.05, 0) is 24.3 Å². The molecule has 0 spiro atoms. The molecule has 0 fully saturated rings. The minimum atomic E-state index is -0.864. The Bertz CT molecular complexity index is 538. The highest BCUT2D eigenvalue weighted by molar-refractivity contribution is 5.70. The van der Waals surface area contributed by atoms with Gasteiger partial charge >= 0.3 is 5.97 Å². The average Bonchev–Trinajstić information content (AvgIpc) is 2.87. The second kappa shape index (κ2) is 4.95. The second-order valence-corrected chi connectivity index (χ2v) is 4.18. The van der Waals surface area contributed by atoms with E-state index >= 15 is 0 Å². The zero-order valence-electron chi connectivity index (χ0n) is 10.2. The summed E-state index contributed by atoms with van der Waals surface area (Å²) in [4.78, 5) is 11.0. The molecule has 0 aliphatic carbocycles. The van der Waals surface area contributed by atoms with Crippen LogP contribution in [0.2, 0.25) is 0 Å². The van der Waals surface area contributed by atoms with Gasteiger partial charge in [0.25, 0.3) is 0 Å². The van der Waals surface area contributed by atoms with Crippen molar-refractivity contribution in [2.24, 2.45) is 5.92 Å². The summed E-state index contributed by atoms with van der Waals surface area (Å²) in [5.41, 5.74) is 0.868. The molecule has 2 unspecified atom stereocenters. The van der Waals surface area contributed by atoms with Crippen LogP contribution >= 0.6 is 0 Å². The molecular formula is C12H14N4O2. The Kier molecular flexibility index (Phi) is 3.36. The van der Waals surface area contributed by atoms with Crippen LogP contribution in [0.4, 0.5) is 0 Å². The maximum atomic E-state index is 11.0. The molecule has 2 aromatic rings. The number of aliphatic carboxylic acids is 1. The van der Waals surface area contributed by atoms with Crippen LogP contribution in [-0.2, 0) is 4.79 Å². The Hall–Kier alpha value is -2.24. The van der Waals surface area contributed by atoms with Crippen molar-refractivity contribution in [3.8, 4) is 11.4 Å². The highest BCUT2D eigenvalue weighted by atomic mass is 16.4. The fourth-order valence-corrected chi connectivity index (χ4v) is 1.66. The molecule has 0 aliphatic rings. The minimum Gasteiger partial charge on any atom is -0.481 e. The molecule has 6 heteroatoms. The topological polar surface area (TPSA) is 80.9 Å². The molecule has 18 heavy (non-hydrogen) atoms. The van der Waals surface area contributed by atoms with Gasteiger partial charge in [0.1, 0.15) is 0 Å². The quantitative estimate of drug-likeness (QED) is 0.886. The molecule has 1 aromatic carbocycles. The Morgan fingerprint density at radius 3 is 2.56 bits per heavy atom. The van der Waals surface area contributed by atoms with Crippen LogP contribution < -0.4 is 0 Å². The number of aromatic nitrogens is 4. The lowest BCUT2D eigenvalue weighted by atomic mass is 10.0. The summed E-state index contributed by atoms with van der Waals surface area (Å²) in [7, 11) is 0. The predicted octanol–water partition coefficient (Wildman–Crippen LogP) is 1.62. The van der Waals surface area contributed by atoms with Crippen molar-refractivity contribution >= 4 is 5.97 Å². The lowest BCUT2D eigenvalue weighted by molar-refractivity contribution is -0.142. The lowest BCUT2D eigenvalue weighted by Gasteiger charge is -2.17. The summed E-state index contributed by atoms with van der Waals surface area (Å²) in [6, 6.07) is 9.15. The summed E-state index contributed by atoms with van der Waals surface area (Å²) < 4.78 is 1.55. The first-order valence-corrected chi connectivity index (χ1v) is 5.67. The van der Waals surface area contributed by atoms with Crippen molar-refractivity contribution in [3.63, 3.8) is 0 Å². The molecule has 1 heterocycles. The zero-order chi connectivity index (χ0) is 13.1. The van der Waals surface area contributed by atoms with E-state index in [9.17, 15) is 4.79 Å². The van der Waals surface area contributed by atoms with Gasteiger partial charge in [0.15, 0.2) is 5.82 Å². The van der Waals surface area contributed by atoms with Gasteiger partial charge in [-0.15, -0.1) is 5.10 Å². The van der Waals surface area contributed by atoms with Crippen LogP contribution in [0.3, 0.4) is 0 Å². The van der Waals surface area contributed by atoms with E-state index in [0.29, 0.717) is 5.82 Å². The van der Waals surface area contributed by atoms with Gasteiger partial charge in [-0.25, -0.2) is 4.68 Å². The molecule has 0 aliphatic heterocycles. The molecule has 1 N–H and O–H groups in total. The zero-order valence-corrected chi connectivity index (χ0v) is 10.2. The van der Waals surface area contributed by atoms with Gasteiger partial charge in [-0.2, -0.15) is 0 Å².